The molecule has 1 aliphatic heterocycles. The predicted octanol–water partition coefficient (Wildman–Crippen LogP) is 1.45. The molecule has 1 aliphatic carbocycles. The van der Waals surface area contributed by atoms with Gasteiger partial charge in [0.1, 0.15) is 0 Å². The van der Waals surface area contributed by atoms with Crippen LogP contribution in [0.1, 0.15) is 40.0 Å². The van der Waals surface area contributed by atoms with E-state index in [-0.39, 0.29) is 11.8 Å². The van der Waals surface area contributed by atoms with Crippen molar-refractivity contribution in [2.75, 3.05) is 18.9 Å². The first-order valence-corrected chi connectivity index (χ1v) is 7.05. The first-order chi connectivity index (χ1) is 9.61. The van der Waals surface area contributed by atoms with Crippen LogP contribution >= 0.6 is 0 Å². The van der Waals surface area contributed by atoms with Crippen molar-refractivity contribution in [2.24, 2.45) is 11.7 Å². The lowest BCUT2D eigenvalue weighted by Crippen LogP contribution is -2.29. The van der Waals surface area contributed by atoms with Crippen LogP contribution in [0, 0.1) is 5.92 Å². The molecule has 2 unspecified atom stereocenters. The van der Waals surface area contributed by atoms with Crippen LogP contribution in [0.5, 0.6) is 0 Å². The second-order valence-corrected chi connectivity index (χ2v) is 5.61. The summed E-state index contributed by atoms with van der Waals surface area (Å²) in [4.78, 5) is 25.0. The molecule has 106 valence electrons. The largest absolute Gasteiger partial charge is 0.382 e. The van der Waals surface area contributed by atoms with Gasteiger partial charge >= 0.3 is 0 Å². The van der Waals surface area contributed by atoms with E-state index in [2.05, 4.69) is 5.32 Å². The molecular formula is C15H19N3O2. The molecule has 5 heteroatoms. The van der Waals surface area contributed by atoms with E-state index in [4.69, 9.17) is 5.73 Å². The zero-order valence-electron chi connectivity index (χ0n) is 11.6. The minimum atomic E-state index is -0.226. The van der Waals surface area contributed by atoms with Gasteiger partial charge in [0.05, 0.1) is 11.1 Å². The summed E-state index contributed by atoms with van der Waals surface area (Å²) in [5, 5.41) is 3.46. The molecule has 20 heavy (non-hydrogen) atoms. The number of rotatable bonds is 3. The number of hydrogen-bond acceptors (Lipinski definition) is 4. The van der Waals surface area contributed by atoms with Gasteiger partial charge in [-0.25, -0.2) is 0 Å². The van der Waals surface area contributed by atoms with Gasteiger partial charge in [0, 0.05) is 18.8 Å². The van der Waals surface area contributed by atoms with Crippen LogP contribution in [0.3, 0.4) is 0 Å². The minimum absolute atomic E-state index is 0.225. The number of anilines is 1. The number of benzene rings is 1. The van der Waals surface area contributed by atoms with E-state index in [1.807, 2.05) is 6.07 Å². The normalized spacial score (nSPS) is 25.2. The van der Waals surface area contributed by atoms with Gasteiger partial charge in [-0.15, -0.1) is 0 Å². The highest BCUT2D eigenvalue weighted by molar-refractivity contribution is 6.21. The summed E-state index contributed by atoms with van der Waals surface area (Å²) in [7, 11) is 1.51. The Kier molecular flexibility index (Phi) is 3.22. The molecule has 1 aromatic carbocycles. The van der Waals surface area contributed by atoms with Crippen LogP contribution in [0.15, 0.2) is 18.2 Å². The monoisotopic (exact) mass is 273 g/mol. The van der Waals surface area contributed by atoms with Gasteiger partial charge in [-0.05, 0) is 43.5 Å². The van der Waals surface area contributed by atoms with Gasteiger partial charge in [-0.1, -0.05) is 6.42 Å². The predicted molar refractivity (Wildman–Crippen MR) is 76.7 cm³/mol. The molecule has 3 N–H and O–H groups in total. The smallest absolute Gasteiger partial charge is 0.261 e. The van der Waals surface area contributed by atoms with Crippen LogP contribution in [0.25, 0.3) is 0 Å². The van der Waals surface area contributed by atoms with Crippen molar-refractivity contribution in [3.8, 4) is 0 Å². The lowest BCUT2D eigenvalue weighted by molar-refractivity contribution is 0.0693. The van der Waals surface area contributed by atoms with E-state index in [0.717, 1.165) is 23.4 Å². The molecule has 1 heterocycles. The third-order valence-electron chi connectivity index (χ3n) is 4.40. The molecule has 2 amide bonds. The Morgan fingerprint density at radius 1 is 1.25 bits per heavy atom. The summed E-state index contributed by atoms with van der Waals surface area (Å²) in [5.41, 5.74) is 7.66. The van der Waals surface area contributed by atoms with Crippen molar-refractivity contribution < 1.29 is 9.59 Å². The summed E-state index contributed by atoms with van der Waals surface area (Å²) in [5.74, 6) is 0.0379. The molecule has 1 saturated carbocycles. The lowest BCUT2D eigenvalue weighted by Gasteiger charge is -2.20. The highest BCUT2D eigenvalue weighted by Crippen LogP contribution is 2.30. The highest BCUT2D eigenvalue weighted by Gasteiger charge is 2.33. The first kappa shape index (κ1) is 13.1. The second-order valence-electron chi connectivity index (χ2n) is 5.61. The minimum Gasteiger partial charge on any atom is -0.382 e. The number of fused-ring (bicyclic) bond motifs is 1. The van der Waals surface area contributed by atoms with Crippen LogP contribution < -0.4 is 11.1 Å². The maximum absolute atomic E-state index is 12.0. The number of carbonyl (C=O) groups excluding carboxylic acids is 2. The molecule has 2 aliphatic rings. The number of carbonyl (C=O) groups is 2. The third kappa shape index (κ3) is 1.98. The maximum atomic E-state index is 12.0. The number of nitrogens with two attached hydrogens (primary N) is 1. The van der Waals surface area contributed by atoms with Crippen molar-refractivity contribution in [3.05, 3.63) is 29.3 Å². The van der Waals surface area contributed by atoms with Crippen molar-refractivity contribution >= 4 is 17.5 Å². The van der Waals surface area contributed by atoms with E-state index in [9.17, 15) is 9.59 Å². The van der Waals surface area contributed by atoms with E-state index in [1.54, 1.807) is 12.1 Å². The average molecular weight is 273 g/mol. The Hall–Kier alpha value is -1.88. The van der Waals surface area contributed by atoms with Crippen LogP contribution in [-0.2, 0) is 0 Å². The van der Waals surface area contributed by atoms with Crippen molar-refractivity contribution in [1.29, 1.82) is 0 Å². The van der Waals surface area contributed by atoms with Crippen LogP contribution in [-0.4, -0.2) is 36.3 Å². The van der Waals surface area contributed by atoms with Crippen molar-refractivity contribution in [2.45, 2.75) is 25.3 Å². The summed E-state index contributed by atoms with van der Waals surface area (Å²) in [6.07, 6.45) is 3.44. The fourth-order valence-corrected chi connectivity index (χ4v) is 3.17. The van der Waals surface area contributed by atoms with E-state index in [0.29, 0.717) is 29.6 Å². The Balaban J connectivity index is 1.84. The Bertz CT molecular complexity index is 570. The number of hydrogen-bond donors (Lipinski definition) is 2. The van der Waals surface area contributed by atoms with Crippen molar-refractivity contribution in [3.63, 3.8) is 0 Å². The first-order valence-electron chi connectivity index (χ1n) is 7.05. The van der Waals surface area contributed by atoms with E-state index >= 15 is 0 Å². The lowest BCUT2D eigenvalue weighted by atomic mass is 10.0. The summed E-state index contributed by atoms with van der Waals surface area (Å²) in [6, 6.07) is 5.75. The van der Waals surface area contributed by atoms with Gasteiger partial charge in [-0.3, -0.25) is 14.5 Å². The summed E-state index contributed by atoms with van der Waals surface area (Å²) in [6.45, 7) is 0.683. The third-order valence-corrected chi connectivity index (χ3v) is 4.40. The molecule has 0 radical (unpaired) electrons. The molecule has 3 rings (SSSR count). The van der Waals surface area contributed by atoms with E-state index in [1.165, 1.54) is 13.5 Å². The van der Waals surface area contributed by atoms with Crippen molar-refractivity contribution in [1.82, 2.24) is 4.90 Å². The maximum Gasteiger partial charge on any atom is 0.261 e. The zero-order valence-corrected chi connectivity index (χ0v) is 11.6. The Labute approximate surface area is 118 Å². The molecule has 0 spiro atoms. The van der Waals surface area contributed by atoms with Gasteiger partial charge < -0.3 is 11.1 Å². The average Bonchev–Trinajstić information content (AvgIpc) is 2.99. The van der Waals surface area contributed by atoms with E-state index < -0.39 is 0 Å². The Morgan fingerprint density at radius 3 is 2.75 bits per heavy atom. The molecule has 1 aromatic rings. The van der Waals surface area contributed by atoms with Crippen LogP contribution in [0.4, 0.5) is 5.69 Å². The second kappa shape index (κ2) is 4.90. The zero-order chi connectivity index (χ0) is 14.3. The molecule has 2 atom stereocenters. The fourth-order valence-electron chi connectivity index (χ4n) is 3.17. The van der Waals surface area contributed by atoms with Gasteiger partial charge in [0.15, 0.2) is 0 Å². The SMILES string of the molecule is CN1C(=O)c2ccc(NC3CCCC3CN)cc2C1=O. The Morgan fingerprint density at radius 2 is 2.00 bits per heavy atom. The number of amides is 2. The number of nitrogens with zero attached hydrogens (tertiary/aromatic N) is 1. The van der Waals surface area contributed by atoms with Gasteiger partial charge in [-0.2, -0.15) is 0 Å². The molecule has 5 nitrogen and oxygen atoms in total. The topological polar surface area (TPSA) is 75.4 Å². The summed E-state index contributed by atoms with van der Waals surface area (Å²) < 4.78 is 0. The summed E-state index contributed by atoms with van der Waals surface area (Å²) >= 11 is 0. The van der Waals surface area contributed by atoms with Crippen LogP contribution in [0.2, 0.25) is 0 Å². The number of nitrogens with one attached hydrogen (secondary N) is 1. The quantitative estimate of drug-likeness (QED) is 0.817. The van der Waals surface area contributed by atoms with Gasteiger partial charge in [0.25, 0.3) is 11.8 Å². The standard InChI is InChI=1S/C15H19N3O2/c1-18-14(19)11-6-5-10(7-12(11)15(18)20)17-13-4-2-3-9(13)8-16/h5-7,9,13,17H,2-4,8,16H2,1H3. The van der Waals surface area contributed by atoms with Gasteiger partial charge in [0.2, 0.25) is 0 Å². The molecule has 0 aromatic heterocycles. The molecular weight excluding hydrogens is 254 g/mol. The molecule has 0 saturated heterocycles. The molecule has 1 fully saturated rings. The fraction of sp³-hybridized carbons (Fsp3) is 0.467. The number of imide groups is 1. The highest BCUT2D eigenvalue weighted by atomic mass is 16.2. The molecule has 0 bridgehead atoms.